The van der Waals surface area contributed by atoms with Crippen LogP contribution in [0.1, 0.15) is 51.0 Å². The normalized spacial score (nSPS) is 19.6. The zero-order valence-electron chi connectivity index (χ0n) is 19.1. The zero-order valence-corrected chi connectivity index (χ0v) is 19.1. The van der Waals surface area contributed by atoms with Crippen LogP contribution in [-0.4, -0.2) is 80.1 Å². The molecule has 1 aromatic heterocycles. The number of rotatable bonds is 6. The van der Waals surface area contributed by atoms with E-state index < -0.39 is 17.7 Å². The van der Waals surface area contributed by atoms with Gasteiger partial charge in [-0.25, -0.2) is 14.2 Å². The Hall–Kier alpha value is -2.49. The summed E-state index contributed by atoms with van der Waals surface area (Å²) < 4.78 is 20.8. The van der Waals surface area contributed by atoms with Crippen LogP contribution >= 0.6 is 0 Å². The van der Waals surface area contributed by atoms with Crippen molar-refractivity contribution < 1.29 is 24.1 Å². The lowest BCUT2D eigenvalue weighted by Gasteiger charge is -2.44. The van der Waals surface area contributed by atoms with E-state index in [1.165, 1.54) is 12.1 Å². The number of nitrogens with zero attached hydrogens (tertiary/aromatic N) is 4. The van der Waals surface area contributed by atoms with Crippen molar-refractivity contribution in [3.63, 3.8) is 0 Å². The number of ether oxygens (including phenoxy) is 1. The highest BCUT2D eigenvalue weighted by atomic mass is 19.1. The average molecular weight is 449 g/mol. The number of hydrogen-bond acceptors (Lipinski definition) is 6. The Morgan fingerprint density at radius 3 is 2.53 bits per heavy atom. The minimum Gasteiger partial charge on any atom is -0.444 e. The van der Waals surface area contributed by atoms with Crippen molar-refractivity contribution in [2.75, 3.05) is 32.8 Å². The molecule has 1 aliphatic heterocycles. The number of amides is 1. The fourth-order valence-electron chi connectivity index (χ4n) is 4.10. The summed E-state index contributed by atoms with van der Waals surface area (Å²) in [6, 6.07) is 5.39. The maximum atomic E-state index is 13.3. The van der Waals surface area contributed by atoms with Crippen LogP contribution in [0.2, 0.25) is 0 Å². The highest BCUT2D eigenvalue weighted by Gasteiger charge is 2.36. The first-order valence-electron chi connectivity index (χ1n) is 10.9. The molecule has 32 heavy (non-hydrogen) atoms. The molecule has 9 heteroatoms. The van der Waals surface area contributed by atoms with Crippen molar-refractivity contribution in [2.24, 2.45) is 0 Å². The highest BCUT2D eigenvalue weighted by Crippen LogP contribution is 2.29. The van der Waals surface area contributed by atoms with Crippen LogP contribution in [0.3, 0.4) is 0 Å². The van der Waals surface area contributed by atoms with E-state index in [1.807, 2.05) is 37.2 Å². The van der Waals surface area contributed by atoms with Crippen LogP contribution < -0.4 is 0 Å². The van der Waals surface area contributed by atoms with E-state index in [9.17, 15) is 19.4 Å². The van der Waals surface area contributed by atoms with E-state index in [4.69, 9.17) is 4.74 Å². The van der Waals surface area contributed by atoms with Gasteiger partial charge in [0.25, 0.3) is 0 Å². The number of carbonyl (C=O) groups excluding carboxylic acids is 1. The average Bonchev–Trinajstić information content (AvgIpc) is 3.22. The van der Waals surface area contributed by atoms with Crippen LogP contribution in [0.4, 0.5) is 9.18 Å². The molecule has 3 atom stereocenters. The topological polar surface area (TPSA) is 91.1 Å². The lowest BCUT2D eigenvalue weighted by molar-refractivity contribution is -0.0252. The number of hydrogen-bond donors (Lipinski definition) is 2. The van der Waals surface area contributed by atoms with E-state index in [1.54, 1.807) is 29.6 Å². The Bertz CT molecular complexity index is 896. The number of aliphatic hydroxyl groups is 2. The number of halogens is 1. The number of benzene rings is 1. The van der Waals surface area contributed by atoms with Gasteiger partial charge in [0.1, 0.15) is 11.4 Å². The molecule has 176 valence electrons. The predicted molar refractivity (Wildman–Crippen MR) is 118 cm³/mol. The summed E-state index contributed by atoms with van der Waals surface area (Å²) in [4.78, 5) is 20.4. The molecule has 2 heterocycles. The molecule has 1 saturated heterocycles. The zero-order chi connectivity index (χ0) is 23.5. The fraction of sp³-hybridized carbons (Fsp3) is 0.565. The fourth-order valence-corrected chi connectivity index (χ4v) is 4.10. The number of aromatic nitrogens is 2. The van der Waals surface area contributed by atoms with Gasteiger partial charge >= 0.3 is 6.09 Å². The Balaban J connectivity index is 1.80. The molecule has 8 nitrogen and oxygen atoms in total. The van der Waals surface area contributed by atoms with Crippen LogP contribution in [0.15, 0.2) is 36.8 Å². The van der Waals surface area contributed by atoms with Gasteiger partial charge in [0.2, 0.25) is 0 Å². The highest BCUT2D eigenvalue weighted by molar-refractivity contribution is 5.68. The Morgan fingerprint density at radius 1 is 1.25 bits per heavy atom. The van der Waals surface area contributed by atoms with Gasteiger partial charge in [0.15, 0.2) is 0 Å². The van der Waals surface area contributed by atoms with E-state index in [0.29, 0.717) is 19.6 Å². The molecule has 2 N–H and O–H groups in total. The number of piperazine rings is 1. The minimum absolute atomic E-state index is 0.127. The van der Waals surface area contributed by atoms with Crippen molar-refractivity contribution in [3.8, 4) is 0 Å². The standard InChI is InChI=1S/C23H33FN4O4/c1-16(17-5-7-18(24)8-6-17)28-15-25-11-20(28)21(14-30)27-10-9-26(12-19(27)13-29)22(31)32-23(2,3)4/h5-8,11,15-16,19,21,29-30H,9-10,12-14H2,1-4H3. The van der Waals surface area contributed by atoms with Crippen LogP contribution in [0.5, 0.6) is 0 Å². The summed E-state index contributed by atoms with van der Waals surface area (Å²) in [5.41, 5.74) is 1.10. The summed E-state index contributed by atoms with van der Waals surface area (Å²) in [5, 5.41) is 20.3. The smallest absolute Gasteiger partial charge is 0.410 e. The second-order valence-electron chi connectivity index (χ2n) is 9.15. The molecule has 1 amide bonds. The number of carbonyl (C=O) groups is 1. The first-order chi connectivity index (χ1) is 15.1. The van der Waals surface area contributed by atoms with E-state index in [0.717, 1.165) is 11.3 Å². The second-order valence-corrected chi connectivity index (χ2v) is 9.15. The van der Waals surface area contributed by atoms with Gasteiger partial charge in [0.05, 0.1) is 43.4 Å². The van der Waals surface area contributed by atoms with Crippen molar-refractivity contribution in [2.45, 2.75) is 51.4 Å². The van der Waals surface area contributed by atoms with Crippen molar-refractivity contribution in [1.29, 1.82) is 0 Å². The monoisotopic (exact) mass is 448 g/mol. The Labute approximate surface area is 188 Å². The van der Waals surface area contributed by atoms with E-state index >= 15 is 0 Å². The second kappa shape index (κ2) is 9.97. The van der Waals surface area contributed by atoms with E-state index in [2.05, 4.69) is 4.98 Å². The van der Waals surface area contributed by atoms with Gasteiger partial charge in [-0.2, -0.15) is 0 Å². The molecule has 0 saturated carbocycles. The molecule has 1 aliphatic rings. The SMILES string of the molecule is CC(c1ccc(F)cc1)n1cncc1C(CO)N1CCN(C(=O)OC(C)(C)C)CC1CO. The number of aliphatic hydroxyl groups excluding tert-OH is 2. The maximum absolute atomic E-state index is 13.3. The predicted octanol–water partition coefficient (Wildman–Crippen LogP) is 2.58. The van der Waals surface area contributed by atoms with E-state index in [-0.39, 0.29) is 31.1 Å². The molecule has 0 aliphatic carbocycles. The third-order valence-corrected chi connectivity index (χ3v) is 5.77. The molecule has 0 spiro atoms. The minimum atomic E-state index is -0.598. The lowest BCUT2D eigenvalue weighted by atomic mass is 10.0. The molecule has 3 unspecified atom stereocenters. The van der Waals surface area contributed by atoms with Gasteiger partial charge in [0, 0.05) is 25.8 Å². The quantitative estimate of drug-likeness (QED) is 0.706. The van der Waals surface area contributed by atoms with Gasteiger partial charge < -0.3 is 24.4 Å². The molecule has 0 radical (unpaired) electrons. The summed E-state index contributed by atoms with van der Waals surface area (Å²) in [7, 11) is 0. The van der Waals surface area contributed by atoms with Crippen LogP contribution in [0.25, 0.3) is 0 Å². The molecule has 2 aromatic rings. The summed E-state index contributed by atoms with van der Waals surface area (Å²) in [6.07, 6.45) is 2.98. The third-order valence-electron chi connectivity index (χ3n) is 5.77. The first kappa shape index (κ1) is 24.2. The molecular weight excluding hydrogens is 415 g/mol. The first-order valence-corrected chi connectivity index (χ1v) is 10.9. The summed E-state index contributed by atoms with van der Waals surface area (Å²) in [6.45, 7) is 8.26. The molecule has 1 aromatic carbocycles. The Morgan fingerprint density at radius 2 is 1.94 bits per heavy atom. The third kappa shape index (κ3) is 5.46. The van der Waals surface area contributed by atoms with Gasteiger partial charge in [-0.3, -0.25) is 4.90 Å². The molecular formula is C23H33FN4O4. The van der Waals surface area contributed by atoms with Crippen LogP contribution in [-0.2, 0) is 4.74 Å². The molecule has 3 rings (SSSR count). The molecule has 0 bridgehead atoms. The Kier molecular flexibility index (Phi) is 7.53. The number of imidazole rings is 1. The van der Waals surface area contributed by atoms with Gasteiger partial charge in [-0.15, -0.1) is 0 Å². The van der Waals surface area contributed by atoms with Crippen LogP contribution in [0, 0.1) is 5.82 Å². The maximum Gasteiger partial charge on any atom is 0.410 e. The lowest BCUT2D eigenvalue weighted by Crippen LogP contribution is -2.58. The van der Waals surface area contributed by atoms with Gasteiger partial charge in [-0.05, 0) is 45.4 Å². The summed E-state index contributed by atoms with van der Waals surface area (Å²) in [5.74, 6) is -0.298. The largest absolute Gasteiger partial charge is 0.444 e. The van der Waals surface area contributed by atoms with Crippen molar-refractivity contribution in [1.82, 2.24) is 19.4 Å². The summed E-state index contributed by atoms with van der Waals surface area (Å²) >= 11 is 0. The van der Waals surface area contributed by atoms with Crippen molar-refractivity contribution in [3.05, 3.63) is 53.9 Å². The van der Waals surface area contributed by atoms with Crippen molar-refractivity contribution >= 4 is 6.09 Å². The van der Waals surface area contributed by atoms with Gasteiger partial charge in [-0.1, -0.05) is 12.1 Å². The molecule has 1 fully saturated rings.